The van der Waals surface area contributed by atoms with Crippen LogP contribution in [0.5, 0.6) is 0 Å². The molecule has 11 heteroatoms. The molecule has 0 spiro atoms. The van der Waals surface area contributed by atoms with Gasteiger partial charge >= 0.3 is 0 Å². The number of aliphatic hydroxyl groups is 2. The van der Waals surface area contributed by atoms with Gasteiger partial charge in [-0.2, -0.15) is 0 Å². The van der Waals surface area contributed by atoms with Gasteiger partial charge in [-0.25, -0.2) is 0 Å². The second-order valence-electron chi connectivity index (χ2n) is 7.36. The van der Waals surface area contributed by atoms with Gasteiger partial charge in [0.25, 0.3) is 0 Å². The summed E-state index contributed by atoms with van der Waals surface area (Å²) in [5.41, 5.74) is 0. The Bertz CT molecular complexity index is 225. The third-order valence-electron chi connectivity index (χ3n) is 1.83. The first-order valence-corrected chi connectivity index (χ1v) is 8.47. The number of ether oxygens (including phenoxy) is 1. The van der Waals surface area contributed by atoms with Crippen molar-refractivity contribution in [2.24, 2.45) is 0 Å². The van der Waals surface area contributed by atoms with E-state index in [1.165, 1.54) is 0 Å². The number of rotatable bonds is 8. The van der Waals surface area contributed by atoms with E-state index < -0.39 is 0 Å². The molecule has 188 valence electrons. The summed E-state index contributed by atoms with van der Waals surface area (Å²) in [7, 11) is 23.4. The van der Waals surface area contributed by atoms with Crippen LogP contribution in [0.15, 0.2) is 0 Å². The van der Waals surface area contributed by atoms with Gasteiger partial charge in [-0.1, -0.05) is 7.43 Å². The molecule has 6 N–H and O–H groups in total. The van der Waals surface area contributed by atoms with Crippen molar-refractivity contribution in [3.63, 3.8) is 0 Å². The van der Waals surface area contributed by atoms with Gasteiger partial charge in [-0.3, -0.25) is 29.4 Å². The summed E-state index contributed by atoms with van der Waals surface area (Å²) in [6.07, 6.45) is 0. The zero-order valence-electron chi connectivity index (χ0n) is 20.5. The zero-order valence-corrected chi connectivity index (χ0v) is 20.5. The van der Waals surface area contributed by atoms with Crippen LogP contribution in [0.3, 0.4) is 0 Å². The molecule has 0 atom stereocenters. The SMILES string of the molecule is C.CN(C)CN(C)C.CN(C)CO.CN(C)CO.CN(C)COCN(C)C.O.O. The summed E-state index contributed by atoms with van der Waals surface area (Å²) in [5.74, 6) is 0. The lowest BCUT2D eigenvalue weighted by molar-refractivity contribution is 0.00371. The Morgan fingerprint density at radius 3 is 0.759 bits per heavy atom. The molecule has 0 amide bonds. The average molecular weight is 437 g/mol. The van der Waals surface area contributed by atoms with Crippen LogP contribution in [0.4, 0.5) is 0 Å². The maximum atomic E-state index is 8.07. The van der Waals surface area contributed by atoms with Gasteiger partial charge < -0.3 is 25.9 Å². The molecule has 0 radical (unpaired) electrons. The molecule has 0 aromatic heterocycles. The van der Waals surface area contributed by atoms with Crippen LogP contribution in [0.2, 0.25) is 0 Å². The molecule has 0 aliphatic rings. The van der Waals surface area contributed by atoms with Gasteiger partial charge in [-0.05, 0) is 84.6 Å². The summed E-state index contributed by atoms with van der Waals surface area (Å²) < 4.78 is 5.21. The van der Waals surface area contributed by atoms with Gasteiger partial charge in [0, 0.05) is 6.67 Å². The molecule has 0 aromatic rings. The molecule has 0 unspecified atom stereocenters. The molecule has 0 rings (SSSR count). The molecular formula is C18H56N6O5. The standard InChI is InChI=1S/C6H16N2O.C5H14N2.2C3H9NO.CH4.2H2O/c1-7(2)5-9-6-8(3)4;1-6(2)5-7(3)4;2*1-4(2)3-5;;;/h5-6H2,1-4H3;5H2,1-4H3;2*5H,3H2,1-2H3;1H4;2*1H2. The molecule has 0 saturated carbocycles. The van der Waals surface area contributed by atoms with Crippen molar-refractivity contribution in [1.82, 2.24) is 29.4 Å². The Morgan fingerprint density at radius 1 is 0.483 bits per heavy atom. The molecule has 0 aromatic carbocycles. The number of aliphatic hydroxyl groups excluding tert-OH is 2. The van der Waals surface area contributed by atoms with Crippen LogP contribution in [0.25, 0.3) is 0 Å². The van der Waals surface area contributed by atoms with Crippen LogP contribution < -0.4 is 0 Å². The summed E-state index contributed by atoms with van der Waals surface area (Å²) in [4.78, 5) is 11.6. The smallest absolute Gasteiger partial charge is 0.100 e. The summed E-state index contributed by atoms with van der Waals surface area (Å²) in [6, 6.07) is 0. The van der Waals surface area contributed by atoms with Gasteiger partial charge in [0.15, 0.2) is 0 Å². The van der Waals surface area contributed by atoms with Crippen LogP contribution in [-0.2, 0) is 4.74 Å². The van der Waals surface area contributed by atoms with Gasteiger partial charge in [0.2, 0.25) is 0 Å². The second kappa shape index (κ2) is 35.0. The van der Waals surface area contributed by atoms with Crippen molar-refractivity contribution in [3.05, 3.63) is 0 Å². The molecular weight excluding hydrogens is 380 g/mol. The molecule has 0 bridgehead atoms. The van der Waals surface area contributed by atoms with Crippen molar-refractivity contribution in [3.8, 4) is 0 Å². The first-order valence-electron chi connectivity index (χ1n) is 8.47. The maximum Gasteiger partial charge on any atom is 0.100 e. The lowest BCUT2D eigenvalue weighted by Crippen LogP contribution is -2.26. The fraction of sp³-hybridized carbons (Fsp3) is 1.00. The van der Waals surface area contributed by atoms with E-state index in [1.807, 2.05) is 38.0 Å². The Balaban J connectivity index is -0.0000000443. The van der Waals surface area contributed by atoms with E-state index in [0.29, 0.717) is 13.5 Å². The predicted molar refractivity (Wildman–Crippen MR) is 126 cm³/mol. The van der Waals surface area contributed by atoms with E-state index in [1.54, 1.807) is 38.0 Å². The van der Waals surface area contributed by atoms with Crippen molar-refractivity contribution in [1.29, 1.82) is 0 Å². The van der Waals surface area contributed by atoms with E-state index in [2.05, 4.69) is 38.0 Å². The third-order valence-corrected chi connectivity index (χ3v) is 1.83. The molecule has 0 aliphatic carbocycles. The fourth-order valence-electron chi connectivity index (χ4n) is 0.972. The number of hydrogen-bond acceptors (Lipinski definition) is 9. The van der Waals surface area contributed by atoms with E-state index in [4.69, 9.17) is 14.9 Å². The van der Waals surface area contributed by atoms with Gasteiger partial charge in [0.1, 0.15) is 13.5 Å². The Morgan fingerprint density at radius 2 is 0.690 bits per heavy atom. The molecule has 0 heterocycles. The normalized spacial score (nSPS) is 9.52. The van der Waals surface area contributed by atoms with Crippen molar-refractivity contribution in [2.75, 3.05) is 118 Å². The third kappa shape index (κ3) is 97.9. The second-order valence-corrected chi connectivity index (χ2v) is 7.36. The number of hydrogen-bond donors (Lipinski definition) is 2. The number of nitrogens with zero attached hydrogens (tertiary/aromatic N) is 6. The fourth-order valence-corrected chi connectivity index (χ4v) is 0.972. The Kier molecular flexibility index (Phi) is 56.4. The van der Waals surface area contributed by atoms with E-state index in [-0.39, 0.29) is 31.8 Å². The highest BCUT2D eigenvalue weighted by molar-refractivity contribution is 4.35. The summed E-state index contributed by atoms with van der Waals surface area (Å²) >= 11 is 0. The highest BCUT2D eigenvalue weighted by Crippen LogP contribution is 1.79. The van der Waals surface area contributed by atoms with E-state index >= 15 is 0 Å². The minimum Gasteiger partial charge on any atom is -0.412 e. The monoisotopic (exact) mass is 436 g/mol. The molecule has 11 nitrogen and oxygen atoms in total. The van der Waals surface area contributed by atoms with Crippen molar-refractivity contribution < 1.29 is 25.9 Å². The minimum atomic E-state index is 0. The van der Waals surface area contributed by atoms with Crippen LogP contribution in [-0.4, -0.2) is 169 Å². The summed E-state index contributed by atoms with van der Waals surface area (Å²) in [6.45, 7) is 2.69. The van der Waals surface area contributed by atoms with Gasteiger partial charge in [0.05, 0.1) is 13.5 Å². The zero-order chi connectivity index (χ0) is 21.7. The minimum absolute atomic E-state index is 0. The molecule has 0 aliphatic heterocycles. The largest absolute Gasteiger partial charge is 0.412 e. The Hall–Kier alpha value is -0.440. The van der Waals surface area contributed by atoms with Crippen LogP contribution >= 0.6 is 0 Å². The quantitative estimate of drug-likeness (QED) is 0.418. The summed E-state index contributed by atoms with van der Waals surface area (Å²) in [5, 5.41) is 16.1. The topological polar surface area (TPSA) is 132 Å². The van der Waals surface area contributed by atoms with Gasteiger partial charge in [-0.15, -0.1) is 0 Å². The van der Waals surface area contributed by atoms with E-state index in [0.717, 1.165) is 6.67 Å². The Labute approximate surface area is 181 Å². The molecule has 0 fully saturated rings. The maximum absolute atomic E-state index is 8.07. The van der Waals surface area contributed by atoms with Crippen LogP contribution in [0, 0.1) is 0 Å². The van der Waals surface area contributed by atoms with Crippen LogP contribution in [0.1, 0.15) is 7.43 Å². The first-order chi connectivity index (χ1) is 11.8. The first kappa shape index (κ1) is 46.7. The van der Waals surface area contributed by atoms with Crippen molar-refractivity contribution >= 4 is 0 Å². The average Bonchev–Trinajstić information content (AvgIpc) is 2.46. The van der Waals surface area contributed by atoms with E-state index in [9.17, 15) is 0 Å². The lowest BCUT2D eigenvalue weighted by atomic mass is 10.8. The predicted octanol–water partition coefficient (Wildman–Crippen LogP) is -1.91. The lowest BCUT2D eigenvalue weighted by Gasteiger charge is -2.14. The molecule has 29 heavy (non-hydrogen) atoms. The van der Waals surface area contributed by atoms with Crippen molar-refractivity contribution in [2.45, 2.75) is 7.43 Å². The highest BCUT2D eigenvalue weighted by atomic mass is 16.5. The highest BCUT2D eigenvalue weighted by Gasteiger charge is 1.89. The molecule has 0 saturated heterocycles.